The Balaban J connectivity index is 2.25. The van der Waals surface area contributed by atoms with Gasteiger partial charge in [0.2, 0.25) is 0 Å². The molecule has 1 N–H and O–H groups in total. The number of hydrogen-bond donors (Lipinski definition) is 1. The molecule has 1 aromatic carbocycles. The fourth-order valence-corrected chi connectivity index (χ4v) is 3.53. The highest BCUT2D eigenvalue weighted by Gasteiger charge is 2.16. The van der Waals surface area contributed by atoms with Gasteiger partial charge in [-0.15, -0.1) is 11.8 Å². The van der Waals surface area contributed by atoms with Crippen molar-refractivity contribution in [2.45, 2.75) is 44.2 Å². The summed E-state index contributed by atoms with van der Waals surface area (Å²) in [5.74, 6) is 0.0900. The molecule has 0 aliphatic carbocycles. The summed E-state index contributed by atoms with van der Waals surface area (Å²) in [5, 5.41) is 0.789. The van der Waals surface area contributed by atoms with Crippen LogP contribution in [0.25, 0.3) is 0 Å². The number of aryl methyl sites for hydroxylation is 1. The van der Waals surface area contributed by atoms with Crippen LogP contribution in [0.4, 0.5) is 0 Å². The van der Waals surface area contributed by atoms with Gasteiger partial charge in [-0.2, -0.15) is 0 Å². The number of H-pyrrole nitrogens is 1. The number of aromatic amines is 1. The Morgan fingerprint density at radius 2 is 1.86 bits per heavy atom. The minimum atomic E-state index is -0.313. The zero-order chi connectivity index (χ0) is 16.1. The molecule has 0 atom stereocenters. The fourth-order valence-electron chi connectivity index (χ4n) is 2.59. The lowest BCUT2D eigenvalue weighted by atomic mass is 10.1. The van der Waals surface area contributed by atoms with Gasteiger partial charge in [-0.3, -0.25) is 14.3 Å². The maximum Gasteiger partial charge on any atom is 0.329 e. The van der Waals surface area contributed by atoms with Gasteiger partial charge < -0.3 is 0 Å². The topological polar surface area (TPSA) is 54.9 Å². The van der Waals surface area contributed by atoms with Crippen molar-refractivity contribution >= 4 is 11.8 Å². The molecule has 0 saturated carbocycles. The average Bonchev–Trinajstić information content (AvgIpc) is 2.49. The molecule has 5 heteroatoms. The van der Waals surface area contributed by atoms with E-state index in [1.165, 1.54) is 17.3 Å². The average molecular weight is 318 g/mol. The van der Waals surface area contributed by atoms with Gasteiger partial charge in [-0.25, -0.2) is 4.79 Å². The normalized spacial score (nSPS) is 11.1. The Kier molecular flexibility index (Phi) is 5.66. The summed E-state index contributed by atoms with van der Waals surface area (Å²) in [6.45, 7) is 4.56. The monoisotopic (exact) mass is 318 g/mol. The first-order valence-corrected chi connectivity index (χ1v) is 8.72. The summed E-state index contributed by atoms with van der Waals surface area (Å²) < 4.78 is 1.70. The van der Waals surface area contributed by atoms with Crippen LogP contribution in [-0.2, 0) is 13.0 Å². The molecule has 0 amide bonds. The number of nitrogens with one attached hydrogen (secondary N) is 1. The first-order chi connectivity index (χ1) is 10.5. The molecule has 1 aromatic heterocycles. The van der Waals surface area contributed by atoms with Crippen LogP contribution < -0.4 is 11.2 Å². The standard InChI is InChI=1S/C17H22N2O2S/c1-12(2)14-15(20)18-17(21)19(16(14)22-3)11-7-10-13-8-5-4-6-9-13/h4-6,8-9,12H,7,10-11H2,1-3H3,(H,18,20,21). The molecule has 0 radical (unpaired) electrons. The molecule has 22 heavy (non-hydrogen) atoms. The van der Waals surface area contributed by atoms with Gasteiger partial charge >= 0.3 is 5.69 Å². The molecule has 0 aliphatic rings. The summed E-state index contributed by atoms with van der Waals surface area (Å²) in [6.07, 6.45) is 3.69. The van der Waals surface area contributed by atoms with Crippen LogP contribution in [0.3, 0.4) is 0 Å². The Morgan fingerprint density at radius 1 is 1.18 bits per heavy atom. The lowest BCUT2D eigenvalue weighted by Crippen LogP contribution is -2.34. The molecule has 0 fully saturated rings. The highest BCUT2D eigenvalue weighted by atomic mass is 32.2. The lowest BCUT2D eigenvalue weighted by molar-refractivity contribution is 0.544. The predicted molar refractivity (Wildman–Crippen MR) is 92.0 cm³/mol. The van der Waals surface area contributed by atoms with Gasteiger partial charge in [0.15, 0.2) is 0 Å². The number of rotatable bonds is 6. The minimum absolute atomic E-state index is 0.0900. The van der Waals surface area contributed by atoms with Gasteiger partial charge in [0.25, 0.3) is 5.56 Å². The fraction of sp³-hybridized carbons (Fsp3) is 0.412. The van der Waals surface area contributed by atoms with Crippen LogP contribution in [0.2, 0.25) is 0 Å². The largest absolute Gasteiger partial charge is 0.329 e. The van der Waals surface area contributed by atoms with Crippen molar-refractivity contribution in [2.24, 2.45) is 0 Å². The molecule has 118 valence electrons. The second-order valence-electron chi connectivity index (χ2n) is 5.58. The van der Waals surface area contributed by atoms with E-state index in [4.69, 9.17) is 0 Å². The van der Waals surface area contributed by atoms with Crippen molar-refractivity contribution < 1.29 is 0 Å². The number of aromatic nitrogens is 2. The second-order valence-corrected chi connectivity index (χ2v) is 6.37. The van der Waals surface area contributed by atoms with E-state index in [2.05, 4.69) is 17.1 Å². The zero-order valence-electron chi connectivity index (χ0n) is 13.3. The maximum atomic E-state index is 12.1. The van der Waals surface area contributed by atoms with Crippen LogP contribution in [0.1, 0.15) is 37.3 Å². The summed E-state index contributed by atoms with van der Waals surface area (Å²) >= 11 is 1.47. The van der Waals surface area contributed by atoms with Gasteiger partial charge in [-0.05, 0) is 30.6 Å². The highest BCUT2D eigenvalue weighted by Crippen LogP contribution is 2.22. The molecule has 0 saturated heterocycles. The van der Waals surface area contributed by atoms with Crippen molar-refractivity contribution in [1.29, 1.82) is 0 Å². The van der Waals surface area contributed by atoms with Crippen LogP contribution in [0, 0.1) is 0 Å². The van der Waals surface area contributed by atoms with Crippen molar-refractivity contribution in [2.75, 3.05) is 6.26 Å². The summed E-state index contributed by atoms with van der Waals surface area (Å²) in [7, 11) is 0. The molecule has 0 bridgehead atoms. The second kappa shape index (κ2) is 7.49. The van der Waals surface area contributed by atoms with Crippen LogP contribution in [-0.4, -0.2) is 15.8 Å². The van der Waals surface area contributed by atoms with Gasteiger partial charge in [0, 0.05) is 6.54 Å². The van der Waals surface area contributed by atoms with Crippen LogP contribution in [0.5, 0.6) is 0 Å². The summed E-state index contributed by atoms with van der Waals surface area (Å²) in [4.78, 5) is 26.6. The first kappa shape index (κ1) is 16.6. The summed E-state index contributed by atoms with van der Waals surface area (Å²) in [6, 6.07) is 10.2. The third-order valence-electron chi connectivity index (χ3n) is 3.65. The Labute approximate surface area is 134 Å². The molecular weight excluding hydrogens is 296 g/mol. The predicted octanol–water partition coefficient (Wildman–Crippen LogP) is 3.01. The minimum Gasteiger partial charge on any atom is -0.288 e. The molecule has 2 rings (SSSR count). The van der Waals surface area contributed by atoms with Gasteiger partial charge in [-0.1, -0.05) is 44.2 Å². The Bertz CT molecular complexity index is 733. The number of nitrogens with zero attached hydrogens (tertiary/aromatic N) is 1. The Hall–Kier alpha value is -1.75. The van der Waals surface area contributed by atoms with Crippen molar-refractivity contribution in [1.82, 2.24) is 9.55 Å². The smallest absolute Gasteiger partial charge is 0.288 e. The van der Waals surface area contributed by atoms with Gasteiger partial charge in [0.1, 0.15) is 0 Å². The maximum absolute atomic E-state index is 12.1. The molecule has 0 aliphatic heterocycles. The van der Waals surface area contributed by atoms with E-state index in [1.54, 1.807) is 4.57 Å². The van der Waals surface area contributed by atoms with E-state index in [0.717, 1.165) is 17.9 Å². The molecule has 2 aromatic rings. The van der Waals surface area contributed by atoms with Crippen molar-refractivity contribution in [3.63, 3.8) is 0 Å². The van der Waals surface area contributed by atoms with E-state index < -0.39 is 0 Å². The number of benzene rings is 1. The highest BCUT2D eigenvalue weighted by molar-refractivity contribution is 7.98. The van der Waals surface area contributed by atoms with Crippen molar-refractivity contribution in [3.05, 3.63) is 62.3 Å². The Morgan fingerprint density at radius 3 is 2.45 bits per heavy atom. The van der Waals surface area contributed by atoms with Gasteiger partial charge in [0.05, 0.1) is 10.6 Å². The number of thioether (sulfide) groups is 1. The molecule has 1 heterocycles. The number of hydrogen-bond acceptors (Lipinski definition) is 3. The SMILES string of the molecule is CSc1c(C(C)C)c(=O)[nH]c(=O)n1CCCc1ccccc1. The quantitative estimate of drug-likeness (QED) is 0.658. The third-order valence-corrected chi connectivity index (χ3v) is 4.47. The van der Waals surface area contributed by atoms with E-state index in [1.807, 2.05) is 38.3 Å². The van der Waals surface area contributed by atoms with Crippen molar-refractivity contribution in [3.8, 4) is 0 Å². The first-order valence-electron chi connectivity index (χ1n) is 7.49. The molecule has 0 unspecified atom stereocenters. The van der Waals surface area contributed by atoms with E-state index in [-0.39, 0.29) is 17.2 Å². The lowest BCUT2D eigenvalue weighted by Gasteiger charge is -2.16. The summed E-state index contributed by atoms with van der Waals surface area (Å²) in [5.41, 5.74) is 1.39. The van der Waals surface area contributed by atoms with Crippen LogP contribution in [0.15, 0.2) is 44.9 Å². The molecule has 4 nitrogen and oxygen atoms in total. The zero-order valence-corrected chi connectivity index (χ0v) is 14.1. The van der Waals surface area contributed by atoms with Crippen LogP contribution >= 0.6 is 11.8 Å². The van der Waals surface area contributed by atoms with E-state index in [9.17, 15) is 9.59 Å². The third kappa shape index (κ3) is 3.71. The molecular formula is C17H22N2O2S. The van der Waals surface area contributed by atoms with E-state index in [0.29, 0.717) is 12.1 Å². The molecule has 0 spiro atoms. The van der Waals surface area contributed by atoms with E-state index >= 15 is 0 Å².